The molecule has 0 aromatic rings. The van der Waals surface area contributed by atoms with Crippen LogP contribution in [0.1, 0.15) is 45.4 Å². The molecular formula is C12H24N2O. The van der Waals surface area contributed by atoms with Crippen molar-refractivity contribution in [1.29, 1.82) is 0 Å². The summed E-state index contributed by atoms with van der Waals surface area (Å²) in [5.74, 6) is 1.10. The van der Waals surface area contributed by atoms with E-state index in [0.717, 1.165) is 25.3 Å². The van der Waals surface area contributed by atoms with Gasteiger partial charge in [-0.05, 0) is 19.3 Å². The molecule has 0 bridgehead atoms. The standard InChI is InChI=1S/C12H24N2O/c1-2-14(10-9-13)12(15)8-7-11-5-3-4-6-11/h11H,2-10,13H2,1H3. The van der Waals surface area contributed by atoms with E-state index in [1.54, 1.807) is 0 Å². The van der Waals surface area contributed by atoms with Gasteiger partial charge in [0.2, 0.25) is 5.91 Å². The fourth-order valence-electron chi connectivity index (χ4n) is 2.40. The summed E-state index contributed by atoms with van der Waals surface area (Å²) in [6.07, 6.45) is 7.18. The number of carbonyl (C=O) groups excluding carboxylic acids is 1. The summed E-state index contributed by atoms with van der Waals surface area (Å²) < 4.78 is 0. The average Bonchev–Trinajstić information content (AvgIpc) is 2.75. The van der Waals surface area contributed by atoms with E-state index in [1.807, 2.05) is 11.8 Å². The van der Waals surface area contributed by atoms with Crippen molar-refractivity contribution in [2.24, 2.45) is 11.7 Å². The largest absolute Gasteiger partial charge is 0.342 e. The van der Waals surface area contributed by atoms with Gasteiger partial charge in [-0.2, -0.15) is 0 Å². The highest BCUT2D eigenvalue weighted by atomic mass is 16.2. The van der Waals surface area contributed by atoms with Crippen LogP contribution >= 0.6 is 0 Å². The van der Waals surface area contributed by atoms with Crippen LogP contribution < -0.4 is 5.73 Å². The normalized spacial score (nSPS) is 16.9. The van der Waals surface area contributed by atoms with Gasteiger partial charge in [0.1, 0.15) is 0 Å². The first-order chi connectivity index (χ1) is 7.27. The van der Waals surface area contributed by atoms with Gasteiger partial charge >= 0.3 is 0 Å². The fraction of sp³-hybridized carbons (Fsp3) is 0.917. The zero-order valence-corrected chi connectivity index (χ0v) is 9.87. The molecule has 1 saturated carbocycles. The molecule has 0 radical (unpaired) electrons. The summed E-state index contributed by atoms with van der Waals surface area (Å²) in [5.41, 5.74) is 5.47. The molecule has 0 aromatic carbocycles. The van der Waals surface area contributed by atoms with Crippen LogP contribution in [0.5, 0.6) is 0 Å². The first-order valence-corrected chi connectivity index (χ1v) is 6.25. The van der Waals surface area contributed by atoms with Crippen molar-refractivity contribution in [1.82, 2.24) is 4.90 Å². The first kappa shape index (κ1) is 12.5. The van der Waals surface area contributed by atoms with Gasteiger partial charge in [0.25, 0.3) is 0 Å². The SMILES string of the molecule is CCN(CCN)C(=O)CCC1CCCC1. The molecule has 0 aliphatic heterocycles. The predicted molar refractivity (Wildman–Crippen MR) is 62.5 cm³/mol. The summed E-state index contributed by atoms with van der Waals surface area (Å²) in [5, 5.41) is 0. The number of hydrogen-bond acceptors (Lipinski definition) is 2. The lowest BCUT2D eigenvalue weighted by atomic mass is 10.0. The van der Waals surface area contributed by atoms with Gasteiger partial charge in [-0.25, -0.2) is 0 Å². The van der Waals surface area contributed by atoms with Crippen molar-refractivity contribution in [2.75, 3.05) is 19.6 Å². The Labute approximate surface area is 93.0 Å². The van der Waals surface area contributed by atoms with Crippen LogP contribution in [0.15, 0.2) is 0 Å². The lowest BCUT2D eigenvalue weighted by Crippen LogP contribution is -2.35. The molecular weight excluding hydrogens is 188 g/mol. The van der Waals surface area contributed by atoms with Gasteiger partial charge in [0.15, 0.2) is 0 Å². The van der Waals surface area contributed by atoms with Crippen LogP contribution in [0, 0.1) is 5.92 Å². The van der Waals surface area contributed by atoms with E-state index in [-0.39, 0.29) is 5.91 Å². The van der Waals surface area contributed by atoms with Gasteiger partial charge in [-0.3, -0.25) is 4.79 Å². The minimum Gasteiger partial charge on any atom is -0.342 e. The van der Waals surface area contributed by atoms with E-state index in [0.29, 0.717) is 13.1 Å². The zero-order chi connectivity index (χ0) is 11.1. The first-order valence-electron chi connectivity index (χ1n) is 6.25. The van der Waals surface area contributed by atoms with Crippen LogP contribution in [-0.4, -0.2) is 30.4 Å². The molecule has 0 aromatic heterocycles. The number of rotatable bonds is 6. The highest BCUT2D eigenvalue weighted by molar-refractivity contribution is 5.76. The molecule has 1 rings (SSSR count). The number of carbonyl (C=O) groups is 1. The second-order valence-electron chi connectivity index (χ2n) is 4.45. The molecule has 3 nitrogen and oxygen atoms in total. The Morgan fingerprint density at radius 2 is 2.07 bits per heavy atom. The molecule has 0 heterocycles. The van der Waals surface area contributed by atoms with Gasteiger partial charge in [-0.1, -0.05) is 25.7 Å². The van der Waals surface area contributed by atoms with E-state index in [4.69, 9.17) is 5.73 Å². The monoisotopic (exact) mass is 212 g/mol. The number of nitrogens with zero attached hydrogens (tertiary/aromatic N) is 1. The predicted octanol–water partition coefficient (Wildman–Crippen LogP) is 1.76. The Morgan fingerprint density at radius 1 is 1.40 bits per heavy atom. The number of nitrogens with two attached hydrogens (primary N) is 1. The lowest BCUT2D eigenvalue weighted by Gasteiger charge is -2.20. The Hall–Kier alpha value is -0.570. The molecule has 1 aliphatic rings. The Morgan fingerprint density at radius 3 is 2.60 bits per heavy atom. The molecule has 0 saturated heterocycles. The van der Waals surface area contributed by atoms with E-state index in [2.05, 4.69) is 0 Å². The van der Waals surface area contributed by atoms with Crippen LogP contribution in [0.2, 0.25) is 0 Å². The Balaban J connectivity index is 2.20. The Bertz CT molecular complexity index is 188. The summed E-state index contributed by atoms with van der Waals surface area (Å²) in [4.78, 5) is 13.7. The average molecular weight is 212 g/mol. The second-order valence-corrected chi connectivity index (χ2v) is 4.45. The maximum atomic E-state index is 11.8. The number of likely N-dealkylation sites (N-methyl/N-ethyl adjacent to an activating group) is 1. The third-order valence-electron chi connectivity index (χ3n) is 3.37. The van der Waals surface area contributed by atoms with Gasteiger partial charge in [0.05, 0.1) is 0 Å². The minimum atomic E-state index is 0.287. The summed E-state index contributed by atoms with van der Waals surface area (Å²) in [6, 6.07) is 0. The minimum absolute atomic E-state index is 0.287. The van der Waals surface area contributed by atoms with Gasteiger partial charge < -0.3 is 10.6 Å². The fourth-order valence-corrected chi connectivity index (χ4v) is 2.40. The molecule has 15 heavy (non-hydrogen) atoms. The summed E-state index contributed by atoms with van der Waals surface area (Å²) in [6.45, 7) is 4.09. The lowest BCUT2D eigenvalue weighted by molar-refractivity contribution is -0.131. The van der Waals surface area contributed by atoms with Crippen molar-refractivity contribution in [3.63, 3.8) is 0 Å². The quantitative estimate of drug-likeness (QED) is 0.729. The van der Waals surface area contributed by atoms with Crippen molar-refractivity contribution in [3.8, 4) is 0 Å². The third kappa shape index (κ3) is 4.20. The molecule has 1 amide bonds. The maximum Gasteiger partial charge on any atom is 0.222 e. The summed E-state index contributed by atoms with van der Waals surface area (Å²) >= 11 is 0. The van der Waals surface area contributed by atoms with Crippen molar-refractivity contribution < 1.29 is 4.79 Å². The van der Waals surface area contributed by atoms with E-state index < -0.39 is 0 Å². The molecule has 3 heteroatoms. The van der Waals surface area contributed by atoms with E-state index in [1.165, 1.54) is 25.7 Å². The molecule has 0 atom stereocenters. The van der Waals surface area contributed by atoms with Crippen LogP contribution in [0.25, 0.3) is 0 Å². The van der Waals surface area contributed by atoms with Gasteiger partial charge in [0, 0.05) is 26.1 Å². The second kappa shape index (κ2) is 6.83. The van der Waals surface area contributed by atoms with Crippen molar-refractivity contribution >= 4 is 5.91 Å². The molecule has 88 valence electrons. The van der Waals surface area contributed by atoms with Crippen LogP contribution in [0.4, 0.5) is 0 Å². The smallest absolute Gasteiger partial charge is 0.222 e. The zero-order valence-electron chi connectivity index (χ0n) is 9.87. The van der Waals surface area contributed by atoms with Crippen LogP contribution in [0.3, 0.4) is 0 Å². The Kier molecular flexibility index (Phi) is 5.69. The molecule has 1 fully saturated rings. The highest BCUT2D eigenvalue weighted by Gasteiger charge is 2.17. The summed E-state index contributed by atoms with van der Waals surface area (Å²) in [7, 11) is 0. The molecule has 0 spiro atoms. The highest BCUT2D eigenvalue weighted by Crippen LogP contribution is 2.28. The third-order valence-corrected chi connectivity index (χ3v) is 3.37. The van der Waals surface area contributed by atoms with E-state index >= 15 is 0 Å². The molecule has 1 aliphatic carbocycles. The molecule has 0 unspecified atom stereocenters. The number of hydrogen-bond donors (Lipinski definition) is 1. The van der Waals surface area contributed by atoms with E-state index in [9.17, 15) is 4.79 Å². The van der Waals surface area contributed by atoms with Crippen LogP contribution in [-0.2, 0) is 4.79 Å². The van der Waals surface area contributed by atoms with Gasteiger partial charge in [-0.15, -0.1) is 0 Å². The molecule has 2 N–H and O–H groups in total. The maximum absolute atomic E-state index is 11.8. The number of amides is 1. The topological polar surface area (TPSA) is 46.3 Å². The van der Waals surface area contributed by atoms with Crippen molar-refractivity contribution in [3.05, 3.63) is 0 Å². The van der Waals surface area contributed by atoms with Crippen molar-refractivity contribution in [2.45, 2.75) is 45.4 Å².